The molecule has 0 unspecified atom stereocenters. The zero-order valence-electron chi connectivity index (χ0n) is 8.89. The van der Waals surface area contributed by atoms with Crippen LogP contribution in [0.2, 0.25) is 0 Å². The van der Waals surface area contributed by atoms with Crippen LogP contribution < -0.4 is 0 Å². The third-order valence-corrected chi connectivity index (χ3v) is 3.29. The first-order valence-electron chi connectivity index (χ1n) is 5.22. The molecule has 0 aliphatic carbocycles. The summed E-state index contributed by atoms with van der Waals surface area (Å²) in [6.45, 7) is 0. The first kappa shape index (κ1) is 10.8. The topological polar surface area (TPSA) is 36.7 Å². The van der Waals surface area contributed by atoms with Gasteiger partial charge in [-0.1, -0.05) is 30.3 Å². The van der Waals surface area contributed by atoms with Crippen molar-refractivity contribution in [1.29, 1.82) is 5.26 Å². The van der Waals surface area contributed by atoms with Crippen LogP contribution in [-0.4, -0.2) is 4.98 Å². The second kappa shape index (κ2) is 5.43. The van der Waals surface area contributed by atoms with E-state index in [1.54, 1.807) is 11.3 Å². The summed E-state index contributed by atoms with van der Waals surface area (Å²) in [5.41, 5.74) is 2.23. The minimum Gasteiger partial charge on any atom is -0.245 e. The van der Waals surface area contributed by atoms with E-state index < -0.39 is 0 Å². The molecule has 0 amide bonds. The summed E-state index contributed by atoms with van der Waals surface area (Å²) >= 11 is 1.65. The van der Waals surface area contributed by atoms with Crippen LogP contribution in [-0.2, 0) is 19.3 Å². The second-order valence-electron chi connectivity index (χ2n) is 3.55. The van der Waals surface area contributed by atoms with E-state index in [1.165, 1.54) is 5.56 Å². The zero-order chi connectivity index (χ0) is 11.2. The molecule has 1 aromatic heterocycles. The molecule has 80 valence electrons. The molecule has 0 radical (unpaired) electrons. The average molecular weight is 228 g/mol. The van der Waals surface area contributed by atoms with Crippen LogP contribution in [0.25, 0.3) is 0 Å². The highest BCUT2D eigenvalue weighted by Gasteiger charge is 2.01. The summed E-state index contributed by atoms with van der Waals surface area (Å²) in [5.74, 6) is 0. The second-order valence-corrected chi connectivity index (χ2v) is 4.50. The fourth-order valence-electron chi connectivity index (χ4n) is 1.52. The van der Waals surface area contributed by atoms with Crippen molar-refractivity contribution >= 4 is 11.3 Å². The number of rotatable bonds is 4. The third kappa shape index (κ3) is 2.91. The van der Waals surface area contributed by atoms with Gasteiger partial charge in [0, 0.05) is 11.8 Å². The summed E-state index contributed by atoms with van der Waals surface area (Å²) in [5, 5.41) is 11.6. The summed E-state index contributed by atoms with van der Waals surface area (Å²) in [4.78, 5) is 4.41. The summed E-state index contributed by atoms with van der Waals surface area (Å²) in [7, 11) is 0. The molecule has 0 saturated heterocycles. The van der Waals surface area contributed by atoms with Gasteiger partial charge in [-0.25, -0.2) is 4.98 Å². The Morgan fingerprint density at radius 3 is 2.75 bits per heavy atom. The smallest absolute Gasteiger partial charge is 0.0931 e. The molecule has 2 rings (SSSR count). The number of nitrogens with zero attached hydrogens (tertiary/aromatic N) is 2. The molecule has 0 fully saturated rings. The van der Waals surface area contributed by atoms with E-state index in [-0.39, 0.29) is 0 Å². The number of aryl methyl sites for hydroxylation is 2. The van der Waals surface area contributed by atoms with Crippen LogP contribution in [0.15, 0.2) is 35.7 Å². The first-order chi connectivity index (χ1) is 7.88. The first-order valence-corrected chi connectivity index (χ1v) is 6.10. The molecular formula is C13H12N2S. The van der Waals surface area contributed by atoms with Gasteiger partial charge in [0.1, 0.15) is 0 Å². The van der Waals surface area contributed by atoms with E-state index in [2.05, 4.69) is 35.3 Å². The quantitative estimate of drug-likeness (QED) is 0.806. The Morgan fingerprint density at radius 2 is 2.00 bits per heavy atom. The molecule has 0 atom stereocenters. The lowest BCUT2D eigenvalue weighted by atomic mass is 10.1. The van der Waals surface area contributed by atoms with Crippen LogP contribution in [0, 0.1) is 11.3 Å². The van der Waals surface area contributed by atoms with Crippen molar-refractivity contribution in [2.45, 2.75) is 19.3 Å². The van der Waals surface area contributed by atoms with Gasteiger partial charge < -0.3 is 0 Å². The maximum atomic E-state index is 8.55. The Labute approximate surface area is 99.2 Å². The van der Waals surface area contributed by atoms with Crippen LogP contribution in [0.5, 0.6) is 0 Å². The predicted octanol–water partition coefficient (Wildman–Crippen LogP) is 2.99. The van der Waals surface area contributed by atoms with Crippen molar-refractivity contribution in [1.82, 2.24) is 4.98 Å². The molecule has 0 N–H and O–H groups in total. The Morgan fingerprint density at radius 1 is 1.19 bits per heavy atom. The van der Waals surface area contributed by atoms with Gasteiger partial charge in [0.15, 0.2) is 0 Å². The van der Waals surface area contributed by atoms with Crippen molar-refractivity contribution in [3.8, 4) is 6.07 Å². The minimum atomic E-state index is 0.418. The Bertz CT molecular complexity index is 482. The normalized spacial score (nSPS) is 9.94. The van der Waals surface area contributed by atoms with Gasteiger partial charge in [-0.2, -0.15) is 5.26 Å². The van der Waals surface area contributed by atoms with Crippen LogP contribution in [0.4, 0.5) is 0 Å². The maximum Gasteiger partial charge on any atom is 0.0931 e. The van der Waals surface area contributed by atoms with Crippen LogP contribution in [0.3, 0.4) is 0 Å². The van der Waals surface area contributed by atoms with E-state index in [4.69, 9.17) is 5.26 Å². The highest BCUT2D eigenvalue weighted by Crippen LogP contribution is 2.13. The van der Waals surface area contributed by atoms with Gasteiger partial charge in [0.05, 0.1) is 23.2 Å². The van der Waals surface area contributed by atoms with E-state index in [0.717, 1.165) is 23.5 Å². The minimum absolute atomic E-state index is 0.418. The van der Waals surface area contributed by atoms with E-state index in [9.17, 15) is 0 Å². The third-order valence-electron chi connectivity index (χ3n) is 2.33. The zero-order valence-corrected chi connectivity index (χ0v) is 9.70. The monoisotopic (exact) mass is 228 g/mol. The number of thiazole rings is 1. The lowest BCUT2D eigenvalue weighted by molar-refractivity contribution is 0.931. The van der Waals surface area contributed by atoms with Crippen molar-refractivity contribution in [2.75, 3.05) is 0 Å². The SMILES string of the molecule is N#CCc1csc(CCc2ccccc2)n1. The average Bonchev–Trinajstić information content (AvgIpc) is 2.76. The molecule has 0 aliphatic rings. The molecular weight excluding hydrogens is 216 g/mol. The molecule has 0 aliphatic heterocycles. The van der Waals surface area contributed by atoms with Gasteiger partial charge in [0.25, 0.3) is 0 Å². The van der Waals surface area contributed by atoms with Gasteiger partial charge in [-0.3, -0.25) is 0 Å². The standard InChI is InChI=1S/C13H12N2S/c14-9-8-12-10-16-13(15-12)7-6-11-4-2-1-3-5-11/h1-5,10H,6-8H2. The summed E-state index contributed by atoms with van der Waals surface area (Å²) < 4.78 is 0. The highest BCUT2D eigenvalue weighted by atomic mass is 32.1. The molecule has 16 heavy (non-hydrogen) atoms. The number of aromatic nitrogens is 1. The van der Waals surface area contributed by atoms with Crippen molar-refractivity contribution in [3.63, 3.8) is 0 Å². The van der Waals surface area contributed by atoms with Crippen LogP contribution >= 0.6 is 11.3 Å². The number of hydrogen-bond acceptors (Lipinski definition) is 3. The molecule has 3 heteroatoms. The highest BCUT2D eigenvalue weighted by molar-refractivity contribution is 7.09. The molecule has 2 aromatic rings. The molecule has 1 aromatic carbocycles. The lowest BCUT2D eigenvalue weighted by Crippen LogP contribution is -1.91. The number of benzene rings is 1. The van der Waals surface area contributed by atoms with Crippen molar-refractivity contribution in [3.05, 3.63) is 52.0 Å². The van der Waals surface area contributed by atoms with Gasteiger partial charge in [0.2, 0.25) is 0 Å². The number of hydrogen-bond donors (Lipinski definition) is 0. The number of nitriles is 1. The summed E-state index contributed by atoms with van der Waals surface area (Å²) in [6, 6.07) is 12.5. The molecule has 2 nitrogen and oxygen atoms in total. The van der Waals surface area contributed by atoms with Gasteiger partial charge in [-0.15, -0.1) is 11.3 Å². The van der Waals surface area contributed by atoms with E-state index in [0.29, 0.717) is 6.42 Å². The summed E-state index contributed by atoms with van der Waals surface area (Å²) in [6.07, 6.45) is 2.39. The molecule has 0 saturated carbocycles. The van der Waals surface area contributed by atoms with Crippen molar-refractivity contribution in [2.24, 2.45) is 0 Å². The largest absolute Gasteiger partial charge is 0.245 e. The molecule has 0 bridgehead atoms. The van der Waals surface area contributed by atoms with Gasteiger partial charge in [-0.05, 0) is 12.0 Å². The molecule has 1 heterocycles. The van der Waals surface area contributed by atoms with Crippen LogP contribution in [0.1, 0.15) is 16.3 Å². The maximum absolute atomic E-state index is 8.55. The Kier molecular flexibility index (Phi) is 3.68. The van der Waals surface area contributed by atoms with E-state index >= 15 is 0 Å². The van der Waals surface area contributed by atoms with Crippen molar-refractivity contribution < 1.29 is 0 Å². The Hall–Kier alpha value is -1.66. The predicted molar refractivity (Wildman–Crippen MR) is 65.3 cm³/mol. The Balaban J connectivity index is 1.93. The van der Waals surface area contributed by atoms with E-state index in [1.807, 2.05) is 11.4 Å². The molecule has 0 spiro atoms. The fourth-order valence-corrected chi connectivity index (χ4v) is 2.32. The lowest BCUT2D eigenvalue weighted by Gasteiger charge is -1.97. The van der Waals surface area contributed by atoms with Gasteiger partial charge >= 0.3 is 0 Å². The fraction of sp³-hybridized carbons (Fsp3) is 0.231.